The van der Waals surface area contributed by atoms with Crippen LogP contribution in [0.2, 0.25) is 0 Å². The first-order valence-corrected chi connectivity index (χ1v) is 2.35. The van der Waals surface area contributed by atoms with E-state index in [1.54, 1.807) is 0 Å². The van der Waals surface area contributed by atoms with Crippen molar-refractivity contribution >= 4 is 7.82 Å². The third kappa shape index (κ3) is 76.1. The average molecular weight is 268 g/mol. The zero-order valence-electron chi connectivity index (χ0n) is 5.08. The minimum atomic E-state index is -4.64. The Labute approximate surface area is 100 Å². The first kappa shape index (κ1) is 22.4. The van der Waals surface area contributed by atoms with Crippen LogP contribution in [0.1, 0.15) is 1.43 Å². The van der Waals surface area contributed by atoms with Gasteiger partial charge in [0, 0.05) is 43.3 Å². The average Bonchev–Trinajstić information content (AvgIpc) is 0.722. The van der Waals surface area contributed by atoms with Crippen LogP contribution in [0.4, 0.5) is 0 Å². The van der Waals surface area contributed by atoms with E-state index in [4.69, 9.17) is 19.2 Å². The Morgan fingerprint density at radius 2 is 1.25 bits per heavy atom. The fraction of sp³-hybridized carbons (Fsp3) is 0. The quantitative estimate of drug-likeness (QED) is 0.311. The van der Waals surface area contributed by atoms with Crippen LogP contribution in [0, 0.1) is 0 Å². The van der Waals surface area contributed by atoms with E-state index in [0.29, 0.717) is 0 Å². The topological polar surface area (TPSA) is 77.8 Å². The van der Waals surface area contributed by atoms with E-state index in [1.807, 2.05) is 0 Å². The normalized spacial score (nSPS) is 7.38. The first-order valence-electron chi connectivity index (χ1n) is 0.783. The van der Waals surface area contributed by atoms with Crippen LogP contribution in [-0.2, 0) is 47.8 Å². The Bertz CT molecular complexity index is 66.7. The summed E-state index contributed by atoms with van der Waals surface area (Å²) in [6, 6.07) is 0. The van der Waals surface area contributed by atoms with Crippen molar-refractivity contribution in [2.45, 2.75) is 0 Å². The van der Waals surface area contributed by atoms with Crippen LogP contribution in [0.5, 0.6) is 0 Å². The van der Waals surface area contributed by atoms with Crippen molar-refractivity contribution in [3.8, 4) is 0 Å². The van der Waals surface area contributed by atoms with Gasteiger partial charge in [-0.25, -0.2) is 4.57 Å². The number of rotatable bonds is 0. The summed E-state index contributed by atoms with van der Waals surface area (Å²) in [5.41, 5.74) is 0. The molecule has 0 amide bonds. The Kier molecular flexibility index (Phi) is 26.7. The molecule has 0 rings (SSSR count). The minimum Gasteiger partial charge on any atom is -1.00 e. The summed E-state index contributed by atoms with van der Waals surface area (Å²) in [5.74, 6) is 0. The van der Waals surface area contributed by atoms with Gasteiger partial charge in [-0.15, -0.1) is 0 Å². The zero-order chi connectivity index (χ0) is 4.50. The number of hydrogen-bond donors (Lipinski definition) is 3. The van der Waals surface area contributed by atoms with Crippen molar-refractivity contribution in [3.05, 3.63) is 0 Å². The summed E-state index contributed by atoms with van der Waals surface area (Å²) >= 11 is 0. The molecule has 0 aliphatic carbocycles. The fourth-order valence-electron chi connectivity index (χ4n) is 0. The third-order valence-electron chi connectivity index (χ3n) is 0. The van der Waals surface area contributed by atoms with E-state index in [1.165, 1.54) is 0 Å². The maximum Gasteiger partial charge on any atom is 1.00 e. The molecule has 0 heterocycles. The molecule has 0 bridgehead atoms. The van der Waals surface area contributed by atoms with Gasteiger partial charge < -0.3 is 16.1 Å². The minimum absolute atomic E-state index is 0. The number of hydrogen-bond acceptors (Lipinski definition) is 1. The standard InChI is InChI=1S/Mn.Na.H3O4P.Zr.H/c;;1-5(2,3)4;;/h;;(H3,1,2,3,4);;/q;+1;;;-1. The number of phosphoric acid groups is 1. The van der Waals surface area contributed by atoms with Crippen molar-refractivity contribution < 1.29 is 93.5 Å². The second-order valence-electron chi connectivity index (χ2n) is 0.513. The van der Waals surface area contributed by atoms with Gasteiger partial charge in [-0.3, -0.25) is 0 Å². The van der Waals surface area contributed by atoms with Gasteiger partial charge in [0.2, 0.25) is 0 Å². The zero-order valence-corrected chi connectivity index (χ0v) is 10.6. The van der Waals surface area contributed by atoms with E-state index in [-0.39, 0.29) is 74.3 Å². The Balaban J connectivity index is -0.0000000133. The van der Waals surface area contributed by atoms with Gasteiger partial charge in [0.25, 0.3) is 0 Å². The molecule has 0 unspecified atom stereocenters. The molecule has 0 aromatic heterocycles. The van der Waals surface area contributed by atoms with E-state index < -0.39 is 7.82 Å². The molecule has 0 fully saturated rings. The van der Waals surface area contributed by atoms with Gasteiger partial charge in [-0.2, -0.15) is 0 Å². The Hall–Kier alpha value is 2.51. The Morgan fingerprint density at radius 1 is 1.25 bits per heavy atom. The molecule has 3 N–H and O–H groups in total. The van der Waals surface area contributed by atoms with Gasteiger partial charge in [0.1, 0.15) is 0 Å². The van der Waals surface area contributed by atoms with Crippen LogP contribution < -0.4 is 29.6 Å². The molecule has 8 heteroatoms. The van der Waals surface area contributed by atoms with Crippen molar-refractivity contribution in [1.82, 2.24) is 0 Å². The maximum absolute atomic E-state index is 8.88. The summed E-state index contributed by atoms with van der Waals surface area (Å²) in [4.78, 5) is 21.6. The summed E-state index contributed by atoms with van der Waals surface area (Å²) in [6.07, 6.45) is 0. The van der Waals surface area contributed by atoms with E-state index in [9.17, 15) is 0 Å². The molecule has 0 aromatic carbocycles. The van der Waals surface area contributed by atoms with Gasteiger partial charge >= 0.3 is 37.4 Å². The molecule has 0 aliphatic rings. The molecule has 0 saturated heterocycles. The van der Waals surface area contributed by atoms with Gasteiger partial charge in [-0.1, -0.05) is 0 Å². The molecule has 0 spiro atoms. The summed E-state index contributed by atoms with van der Waals surface area (Å²) < 4.78 is 8.88. The summed E-state index contributed by atoms with van der Waals surface area (Å²) in [5, 5.41) is 0. The molecule has 0 atom stereocenters. The van der Waals surface area contributed by atoms with Crippen molar-refractivity contribution in [2.75, 3.05) is 0 Å². The molecular formula is H4MnNaO4PZr. The van der Waals surface area contributed by atoms with Crippen molar-refractivity contribution in [1.29, 1.82) is 0 Å². The summed E-state index contributed by atoms with van der Waals surface area (Å²) in [7, 11) is -4.64. The van der Waals surface area contributed by atoms with Crippen LogP contribution in [0.3, 0.4) is 0 Å². The molecule has 4 nitrogen and oxygen atoms in total. The molecule has 0 aliphatic heterocycles. The third-order valence-corrected chi connectivity index (χ3v) is 0. The molecule has 1 radical (unpaired) electrons. The smallest absolute Gasteiger partial charge is 1.00 e. The van der Waals surface area contributed by atoms with Gasteiger partial charge in [-0.05, 0) is 0 Å². The van der Waals surface area contributed by atoms with Gasteiger partial charge in [0.15, 0.2) is 0 Å². The van der Waals surface area contributed by atoms with Crippen molar-refractivity contribution in [3.63, 3.8) is 0 Å². The van der Waals surface area contributed by atoms with Crippen molar-refractivity contribution in [2.24, 2.45) is 0 Å². The molecule has 45 valence electrons. The second kappa shape index (κ2) is 9.51. The molecule has 0 saturated carbocycles. The molecule has 0 aromatic rings. The van der Waals surface area contributed by atoms with E-state index in [0.717, 1.165) is 0 Å². The fourth-order valence-corrected chi connectivity index (χ4v) is 0. The SMILES string of the molecule is O=P(O)(O)O.[H-].[Mn].[Na+].[Zr]. The largest absolute Gasteiger partial charge is 1.00 e. The predicted octanol–water partition coefficient (Wildman–Crippen LogP) is -3.82. The van der Waals surface area contributed by atoms with Gasteiger partial charge in [0.05, 0.1) is 0 Å². The van der Waals surface area contributed by atoms with Crippen LogP contribution in [0.25, 0.3) is 0 Å². The van der Waals surface area contributed by atoms with Crippen LogP contribution in [0.15, 0.2) is 0 Å². The molecule has 8 heavy (non-hydrogen) atoms. The Morgan fingerprint density at radius 3 is 1.25 bits per heavy atom. The maximum atomic E-state index is 8.88. The monoisotopic (exact) mass is 267 g/mol. The predicted molar refractivity (Wildman–Crippen MR) is 15.4 cm³/mol. The van der Waals surface area contributed by atoms with Crippen LogP contribution >= 0.6 is 7.82 Å². The van der Waals surface area contributed by atoms with E-state index in [2.05, 4.69) is 0 Å². The van der Waals surface area contributed by atoms with Crippen LogP contribution in [-0.4, -0.2) is 14.7 Å². The second-order valence-corrected chi connectivity index (χ2v) is 1.54. The summed E-state index contributed by atoms with van der Waals surface area (Å²) in [6.45, 7) is 0. The molecular weight excluding hydrogens is 264 g/mol. The first-order chi connectivity index (χ1) is 2.00. The van der Waals surface area contributed by atoms with E-state index >= 15 is 0 Å².